The van der Waals surface area contributed by atoms with Crippen molar-refractivity contribution in [3.05, 3.63) is 11.5 Å². The van der Waals surface area contributed by atoms with E-state index in [4.69, 9.17) is 10.0 Å². The molecule has 1 aliphatic rings. The molecule has 1 rings (SSSR count). The van der Waals surface area contributed by atoms with E-state index in [9.17, 15) is 0 Å². The molecule has 0 amide bonds. The van der Waals surface area contributed by atoms with Crippen LogP contribution in [-0.2, 0) is 0 Å². The second-order valence-electron chi connectivity index (χ2n) is 3.30. The standard InChI is InChI=1S/C8H15BO2/c1-7-4-2-3-5-8(7)6-9(10)11/h6-7,10-11H,2-5H2,1H3/b8-6+. The zero-order valence-electron chi connectivity index (χ0n) is 6.95. The third-order valence-corrected chi connectivity index (χ3v) is 2.35. The van der Waals surface area contributed by atoms with Gasteiger partial charge in [0.2, 0.25) is 0 Å². The molecule has 11 heavy (non-hydrogen) atoms. The molecule has 0 saturated heterocycles. The molecule has 1 unspecified atom stereocenters. The normalized spacial score (nSPS) is 29.0. The summed E-state index contributed by atoms with van der Waals surface area (Å²) in [6, 6.07) is 0. The van der Waals surface area contributed by atoms with Crippen LogP contribution in [0.5, 0.6) is 0 Å². The Bertz CT molecular complexity index is 154. The van der Waals surface area contributed by atoms with Gasteiger partial charge in [-0.1, -0.05) is 24.9 Å². The number of hydrogen-bond acceptors (Lipinski definition) is 2. The lowest BCUT2D eigenvalue weighted by molar-refractivity contribution is 0.419. The molecule has 1 aliphatic carbocycles. The summed E-state index contributed by atoms with van der Waals surface area (Å²) in [5.74, 6) is 2.12. The molecule has 1 saturated carbocycles. The van der Waals surface area contributed by atoms with Crippen molar-refractivity contribution >= 4 is 7.12 Å². The highest BCUT2D eigenvalue weighted by Gasteiger charge is 2.15. The van der Waals surface area contributed by atoms with E-state index < -0.39 is 7.12 Å². The van der Waals surface area contributed by atoms with Crippen molar-refractivity contribution in [3.8, 4) is 0 Å². The summed E-state index contributed by atoms with van der Waals surface area (Å²) in [7, 11) is -1.26. The monoisotopic (exact) mass is 154 g/mol. The van der Waals surface area contributed by atoms with E-state index in [1.54, 1.807) is 5.98 Å². The van der Waals surface area contributed by atoms with Crippen molar-refractivity contribution in [2.75, 3.05) is 0 Å². The van der Waals surface area contributed by atoms with Crippen molar-refractivity contribution in [1.82, 2.24) is 0 Å². The number of rotatable bonds is 1. The van der Waals surface area contributed by atoms with Crippen LogP contribution in [0.3, 0.4) is 0 Å². The molecule has 0 bridgehead atoms. The van der Waals surface area contributed by atoms with Crippen LogP contribution < -0.4 is 0 Å². The fraction of sp³-hybridized carbons (Fsp3) is 0.750. The summed E-state index contributed by atoms with van der Waals surface area (Å²) in [6.07, 6.45) is 4.71. The van der Waals surface area contributed by atoms with E-state index in [1.807, 2.05) is 0 Å². The Morgan fingerprint density at radius 2 is 2.18 bits per heavy atom. The molecule has 0 radical (unpaired) electrons. The Balaban J connectivity index is 2.53. The SMILES string of the molecule is CC1CCCC/C1=C\B(O)O. The third-order valence-electron chi connectivity index (χ3n) is 2.35. The van der Waals surface area contributed by atoms with Gasteiger partial charge in [-0.2, -0.15) is 0 Å². The van der Waals surface area contributed by atoms with Crippen LogP contribution >= 0.6 is 0 Å². The first kappa shape index (κ1) is 8.82. The molecule has 0 spiro atoms. The molecule has 0 aromatic carbocycles. The molecule has 2 N–H and O–H groups in total. The first-order chi connectivity index (χ1) is 5.20. The quantitative estimate of drug-likeness (QED) is 0.556. The van der Waals surface area contributed by atoms with Crippen LogP contribution in [0.1, 0.15) is 32.6 Å². The van der Waals surface area contributed by atoms with Crippen LogP contribution in [0.4, 0.5) is 0 Å². The molecule has 0 heterocycles. The first-order valence-electron chi connectivity index (χ1n) is 4.27. The first-order valence-corrected chi connectivity index (χ1v) is 4.27. The summed E-state index contributed by atoms with van der Waals surface area (Å²) in [6.45, 7) is 2.15. The van der Waals surface area contributed by atoms with Crippen molar-refractivity contribution in [3.63, 3.8) is 0 Å². The molecule has 0 aliphatic heterocycles. The van der Waals surface area contributed by atoms with E-state index in [0.717, 1.165) is 6.42 Å². The zero-order valence-corrected chi connectivity index (χ0v) is 6.95. The van der Waals surface area contributed by atoms with Gasteiger partial charge in [0.05, 0.1) is 0 Å². The van der Waals surface area contributed by atoms with Gasteiger partial charge in [0.15, 0.2) is 0 Å². The molecular weight excluding hydrogens is 139 g/mol. The molecular formula is C8H15BO2. The van der Waals surface area contributed by atoms with Gasteiger partial charge >= 0.3 is 7.12 Å². The fourth-order valence-electron chi connectivity index (χ4n) is 1.65. The molecule has 62 valence electrons. The maximum Gasteiger partial charge on any atom is 0.480 e. The molecule has 0 aromatic heterocycles. The summed E-state index contributed by atoms with van der Waals surface area (Å²) in [5, 5.41) is 17.4. The lowest BCUT2D eigenvalue weighted by atomic mass is 9.78. The topological polar surface area (TPSA) is 40.5 Å². The summed E-state index contributed by atoms with van der Waals surface area (Å²) in [4.78, 5) is 0. The van der Waals surface area contributed by atoms with Crippen LogP contribution in [0.25, 0.3) is 0 Å². The molecule has 0 aromatic rings. The van der Waals surface area contributed by atoms with E-state index >= 15 is 0 Å². The van der Waals surface area contributed by atoms with Crippen molar-refractivity contribution < 1.29 is 10.0 Å². The summed E-state index contributed by atoms with van der Waals surface area (Å²) in [5.41, 5.74) is 1.21. The number of hydrogen-bond donors (Lipinski definition) is 2. The highest BCUT2D eigenvalue weighted by Crippen LogP contribution is 2.28. The van der Waals surface area contributed by atoms with Crippen LogP contribution in [-0.4, -0.2) is 17.2 Å². The predicted molar refractivity (Wildman–Crippen MR) is 45.9 cm³/mol. The summed E-state index contributed by atoms with van der Waals surface area (Å²) >= 11 is 0. The largest absolute Gasteiger partial charge is 0.480 e. The maximum absolute atomic E-state index is 8.70. The Morgan fingerprint density at radius 3 is 2.73 bits per heavy atom. The van der Waals surface area contributed by atoms with E-state index in [2.05, 4.69) is 6.92 Å². The highest BCUT2D eigenvalue weighted by atomic mass is 16.4. The van der Waals surface area contributed by atoms with E-state index in [-0.39, 0.29) is 0 Å². The van der Waals surface area contributed by atoms with Crippen molar-refractivity contribution in [2.24, 2.45) is 5.92 Å². The van der Waals surface area contributed by atoms with Crippen molar-refractivity contribution in [1.29, 1.82) is 0 Å². The minimum Gasteiger partial charge on any atom is -0.424 e. The smallest absolute Gasteiger partial charge is 0.424 e. The van der Waals surface area contributed by atoms with Gasteiger partial charge in [0.25, 0.3) is 0 Å². The van der Waals surface area contributed by atoms with E-state index in [0.29, 0.717) is 5.92 Å². The molecule has 3 heteroatoms. The molecule has 1 atom stereocenters. The maximum atomic E-state index is 8.70. The third kappa shape index (κ3) is 2.68. The second kappa shape index (κ2) is 3.93. The average molecular weight is 154 g/mol. The van der Waals surface area contributed by atoms with Crippen LogP contribution in [0.15, 0.2) is 11.5 Å². The van der Waals surface area contributed by atoms with Gasteiger partial charge < -0.3 is 10.0 Å². The number of allylic oxidation sites excluding steroid dienone is 1. The van der Waals surface area contributed by atoms with Gasteiger partial charge in [-0.3, -0.25) is 0 Å². The zero-order chi connectivity index (χ0) is 8.27. The molecule has 1 fully saturated rings. The van der Waals surface area contributed by atoms with Gasteiger partial charge in [0, 0.05) is 0 Å². The lowest BCUT2D eigenvalue weighted by Crippen LogP contribution is -2.13. The van der Waals surface area contributed by atoms with Crippen molar-refractivity contribution in [2.45, 2.75) is 32.6 Å². The highest BCUT2D eigenvalue weighted by molar-refractivity contribution is 6.47. The Morgan fingerprint density at radius 1 is 1.45 bits per heavy atom. The van der Waals surface area contributed by atoms with Gasteiger partial charge in [0.1, 0.15) is 0 Å². The van der Waals surface area contributed by atoms with Gasteiger partial charge in [-0.25, -0.2) is 0 Å². The van der Waals surface area contributed by atoms with E-state index in [1.165, 1.54) is 24.8 Å². The second-order valence-corrected chi connectivity index (χ2v) is 3.30. The minimum absolute atomic E-state index is 0.547. The Labute approximate surface area is 68.1 Å². The Hall–Kier alpha value is -0.275. The predicted octanol–water partition coefficient (Wildman–Crippen LogP) is 1.13. The molecule has 2 nitrogen and oxygen atoms in total. The average Bonchev–Trinajstić information content (AvgIpc) is 1.93. The van der Waals surface area contributed by atoms with Crippen LogP contribution in [0, 0.1) is 5.92 Å². The minimum atomic E-state index is -1.26. The van der Waals surface area contributed by atoms with Crippen LogP contribution in [0.2, 0.25) is 0 Å². The Kier molecular flexibility index (Phi) is 3.15. The fourth-order valence-corrected chi connectivity index (χ4v) is 1.65. The van der Waals surface area contributed by atoms with Gasteiger partial charge in [-0.15, -0.1) is 0 Å². The van der Waals surface area contributed by atoms with Gasteiger partial charge in [-0.05, 0) is 25.2 Å². The lowest BCUT2D eigenvalue weighted by Gasteiger charge is -2.21. The summed E-state index contributed by atoms with van der Waals surface area (Å²) < 4.78 is 0.